The lowest BCUT2D eigenvalue weighted by Gasteiger charge is -2.49. The van der Waals surface area contributed by atoms with E-state index in [1.807, 2.05) is 11.3 Å². The highest BCUT2D eigenvalue weighted by molar-refractivity contribution is 7.10. The van der Waals surface area contributed by atoms with E-state index < -0.39 is 0 Å². The molecule has 1 saturated heterocycles. The van der Waals surface area contributed by atoms with Crippen molar-refractivity contribution in [1.82, 2.24) is 0 Å². The molecule has 2 fully saturated rings. The summed E-state index contributed by atoms with van der Waals surface area (Å²) in [5.41, 5.74) is 7.80. The van der Waals surface area contributed by atoms with E-state index in [9.17, 15) is 0 Å². The molecule has 17 heavy (non-hydrogen) atoms. The van der Waals surface area contributed by atoms with E-state index in [0.29, 0.717) is 11.5 Å². The van der Waals surface area contributed by atoms with E-state index in [-0.39, 0.29) is 0 Å². The van der Waals surface area contributed by atoms with Crippen molar-refractivity contribution in [3.63, 3.8) is 0 Å². The Morgan fingerprint density at radius 1 is 1.29 bits per heavy atom. The van der Waals surface area contributed by atoms with Gasteiger partial charge in [-0.2, -0.15) is 0 Å². The smallest absolute Gasteiger partial charge is 0.0596 e. The summed E-state index contributed by atoms with van der Waals surface area (Å²) in [6.45, 7) is 4.09. The molecule has 1 aromatic heterocycles. The summed E-state index contributed by atoms with van der Waals surface area (Å²) < 4.78 is 5.57. The standard InChI is InChI=1S/C14H21NOS/c1-10-6-7-17-13(10)14(8-16-9-14)11-2-4-12(15)5-3-11/h6-7,11-12H,2-5,8-9,15H2,1H3. The van der Waals surface area contributed by atoms with Crippen molar-refractivity contribution in [2.45, 2.75) is 44.1 Å². The first-order valence-electron chi connectivity index (χ1n) is 6.60. The van der Waals surface area contributed by atoms with Crippen LogP contribution in [0, 0.1) is 12.8 Å². The van der Waals surface area contributed by atoms with Gasteiger partial charge in [0.2, 0.25) is 0 Å². The van der Waals surface area contributed by atoms with E-state index in [1.165, 1.54) is 31.2 Å². The normalized spacial score (nSPS) is 32.1. The molecule has 2 aliphatic rings. The molecule has 0 bridgehead atoms. The van der Waals surface area contributed by atoms with Crippen LogP contribution in [0.25, 0.3) is 0 Å². The maximum Gasteiger partial charge on any atom is 0.0596 e. The quantitative estimate of drug-likeness (QED) is 0.877. The minimum Gasteiger partial charge on any atom is -0.379 e. The van der Waals surface area contributed by atoms with Crippen LogP contribution in [0.1, 0.15) is 36.1 Å². The number of thiophene rings is 1. The minimum atomic E-state index is 0.332. The molecule has 0 radical (unpaired) electrons. The van der Waals surface area contributed by atoms with Gasteiger partial charge in [-0.15, -0.1) is 11.3 Å². The van der Waals surface area contributed by atoms with Crippen molar-refractivity contribution in [2.75, 3.05) is 13.2 Å². The van der Waals surface area contributed by atoms with Crippen LogP contribution in [0.2, 0.25) is 0 Å². The summed E-state index contributed by atoms with van der Waals surface area (Å²) in [6.07, 6.45) is 4.94. The van der Waals surface area contributed by atoms with Gasteiger partial charge in [-0.05, 0) is 55.5 Å². The van der Waals surface area contributed by atoms with Gasteiger partial charge >= 0.3 is 0 Å². The van der Waals surface area contributed by atoms with E-state index in [4.69, 9.17) is 10.5 Å². The Labute approximate surface area is 107 Å². The fourth-order valence-corrected chi connectivity index (χ4v) is 4.61. The molecule has 0 amide bonds. The minimum absolute atomic E-state index is 0.332. The summed E-state index contributed by atoms with van der Waals surface area (Å²) in [7, 11) is 0. The Morgan fingerprint density at radius 3 is 2.47 bits per heavy atom. The fraction of sp³-hybridized carbons (Fsp3) is 0.714. The molecule has 0 atom stereocenters. The summed E-state index contributed by atoms with van der Waals surface area (Å²) in [5.74, 6) is 0.786. The Bertz CT molecular complexity index is 389. The zero-order valence-electron chi connectivity index (χ0n) is 10.4. The molecule has 94 valence electrons. The molecule has 3 rings (SSSR count). The lowest BCUT2D eigenvalue weighted by atomic mass is 9.65. The molecule has 1 aliphatic carbocycles. The molecule has 0 aromatic carbocycles. The molecule has 2 N–H and O–H groups in total. The fourth-order valence-electron chi connectivity index (χ4n) is 3.43. The van der Waals surface area contributed by atoms with Crippen LogP contribution in [0.5, 0.6) is 0 Å². The zero-order valence-corrected chi connectivity index (χ0v) is 11.3. The number of nitrogens with two attached hydrogens (primary N) is 1. The lowest BCUT2D eigenvalue weighted by Crippen LogP contribution is -2.53. The molecule has 2 heterocycles. The SMILES string of the molecule is Cc1ccsc1C1(C2CCC(N)CC2)COC1. The second-order valence-corrected chi connectivity index (χ2v) is 6.61. The molecule has 3 heteroatoms. The Balaban J connectivity index is 1.85. The Kier molecular flexibility index (Phi) is 3.01. The van der Waals surface area contributed by atoms with E-state index in [2.05, 4.69) is 18.4 Å². The number of rotatable bonds is 2. The lowest BCUT2D eigenvalue weighted by molar-refractivity contribution is -0.0968. The monoisotopic (exact) mass is 251 g/mol. The van der Waals surface area contributed by atoms with Crippen LogP contribution in [0.3, 0.4) is 0 Å². The first kappa shape index (κ1) is 11.7. The van der Waals surface area contributed by atoms with Gasteiger partial charge in [0, 0.05) is 10.9 Å². The van der Waals surface area contributed by atoms with Gasteiger partial charge in [0.25, 0.3) is 0 Å². The van der Waals surface area contributed by atoms with Crippen LogP contribution in [-0.2, 0) is 10.2 Å². The predicted octanol–water partition coefficient (Wildman–Crippen LogP) is 2.84. The van der Waals surface area contributed by atoms with Crippen molar-refractivity contribution in [3.8, 4) is 0 Å². The molecular weight excluding hydrogens is 230 g/mol. The topological polar surface area (TPSA) is 35.2 Å². The first-order chi connectivity index (χ1) is 8.22. The molecular formula is C14H21NOS. The molecule has 1 aromatic rings. The van der Waals surface area contributed by atoms with Crippen molar-refractivity contribution in [2.24, 2.45) is 11.7 Å². The zero-order chi connectivity index (χ0) is 11.9. The van der Waals surface area contributed by atoms with Gasteiger partial charge < -0.3 is 10.5 Å². The van der Waals surface area contributed by atoms with Gasteiger partial charge in [0.05, 0.1) is 18.6 Å². The van der Waals surface area contributed by atoms with Gasteiger partial charge in [-0.3, -0.25) is 0 Å². The van der Waals surface area contributed by atoms with Gasteiger partial charge in [0.15, 0.2) is 0 Å². The van der Waals surface area contributed by atoms with Crippen LogP contribution in [-0.4, -0.2) is 19.3 Å². The van der Waals surface area contributed by atoms with E-state index in [1.54, 1.807) is 4.88 Å². The molecule has 1 saturated carbocycles. The van der Waals surface area contributed by atoms with Gasteiger partial charge in [-0.1, -0.05) is 0 Å². The largest absolute Gasteiger partial charge is 0.379 e. The van der Waals surface area contributed by atoms with Crippen LogP contribution in [0.15, 0.2) is 11.4 Å². The highest BCUT2D eigenvalue weighted by atomic mass is 32.1. The van der Waals surface area contributed by atoms with Crippen molar-refractivity contribution < 1.29 is 4.74 Å². The first-order valence-corrected chi connectivity index (χ1v) is 7.48. The Morgan fingerprint density at radius 2 is 2.00 bits per heavy atom. The molecule has 0 spiro atoms. The van der Waals surface area contributed by atoms with Gasteiger partial charge in [-0.25, -0.2) is 0 Å². The number of aryl methyl sites for hydroxylation is 1. The van der Waals surface area contributed by atoms with Crippen LogP contribution < -0.4 is 5.73 Å². The summed E-state index contributed by atoms with van der Waals surface area (Å²) >= 11 is 1.92. The highest BCUT2D eigenvalue weighted by Crippen LogP contribution is 2.48. The van der Waals surface area contributed by atoms with Crippen molar-refractivity contribution in [3.05, 3.63) is 21.9 Å². The van der Waals surface area contributed by atoms with E-state index >= 15 is 0 Å². The maximum absolute atomic E-state index is 6.02. The number of hydrogen-bond donors (Lipinski definition) is 1. The third-order valence-electron chi connectivity index (χ3n) is 4.59. The number of hydrogen-bond acceptors (Lipinski definition) is 3. The summed E-state index contributed by atoms with van der Waals surface area (Å²) in [5, 5.41) is 2.22. The van der Waals surface area contributed by atoms with Gasteiger partial charge in [0.1, 0.15) is 0 Å². The third-order valence-corrected chi connectivity index (χ3v) is 5.82. The van der Waals surface area contributed by atoms with Crippen LogP contribution >= 0.6 is 11.3 Å². The second kappa shape index (κ2) is 4.38. The van der Waals surface area contributed by atoms with Crippen LogP contribution in [0.4, 0.5) is 0 Å². The predicted molar refractivity (Wildman–Crippen MR) is 71.5 cm³/mol. The van der Waals surface area contributed by atoms with Crippen molar-refractivity contribution in [1.29, 1.82) is 0 Å². The van der Waals surface area contributed by atoms with Crippen molar-refractivity contribution >= 4 is 11.3 Å². The maximum atomic E-state index is 6.02. The third kappa shape index (κ3) is 1.85. The number of ether oxygens (including phenoxy) is 1. The average Bonchev–Trinajstić information content (AvgIpc) is 2.67. The summed E-state index contributed by atoms with van der Waals surface area (Å²) in [6, 6.07) is 2.68. The Hall–Kier alpha value is -0.380. The van der Waals surface area contributed by atoms with E-state index in [0.717, 1.165) is 19.1 Å². The highest BCUT2D eigenvalue weighted by Gasteiger charge is 2.48. The molecule has 0 unspecified atom stereocenters. The summed E-state index contributed by atoms with van der Waals surface area (Å²) in [4.78, 5) is 1.57. The average molecular weight is 251 g/mol. The molecule has 1 aliphatic heterocycles. The second-order valence-electron chi connectivity index (χ2n) is 5.69. The molecule has 2 nitrogen and oxygen atoms in total.